The van der Waals surface area contributed by atoms with Crippen LogP contribution in [0.1, 0.15) is 27.0 Å². The Morgan fingerprint density at radius 1 is 1.24 bits per heavy atom. The number of esters is 1. The van der Waals surface area contributed by atoms with Gasteiger partial charge in [0.15, 0.2) is 17.7 Å². The van der Waals surface area contributed by atoms with E-state index in [1.807, 2.05) is 18.2 Å². The summed E-state index contributed by atoms with van der Waals surface area (Å²) in [6, 6.07) is 11.5. The third-order valence-corrected chi connectivity index (χ3v) is 8.39. The first-order valence-corrected chi connectivity index (χ1v) is 14.4. The first-order chi connectivity index (χ1) is 19.5. The first-order valence-electron chi connectivity index (χ1n) is 12.9. The molecule has 2 unspecified atom stereocenters. The Labute approximate surface area is 235 Å². The number of anilines is 1. The highest BCUT2D eigenvalue weighted by atomic mass is 31.2. The van der Waals surface area contributed by atoms with Gasteiger partial charge in [-0.15, -0.1) is 0 Å². The highest BCUT2D eigenvalue weighted by molar-refractivity contribution is 7.52. The molecular weight excluding hydrogens is 555 g/mol. The number of nitrogens with one attached hydrogen (secondary N) is 1. The van der Waals surface area contributed by atoms with E-state index in [1.54, 1.807) is 31.2 Å². The Morgan fingerprint density at radius 2 is 2.00 bits per heavy atom. The fourth-order valence-electron chi connectivity index (χ4n) is 4.64. The lowest BCUT2D eigenvalue weighted by molar-refractivity contribution is -0.144. The van der Waals surface area contributed by atoms with Crippen molar-refractivity contribution in [3.05, 3.63) is 55.1 Å². The summed E-state index contributed by atoms with van der Waals surface area (Å²) in [6.45, 7) is 4.13. The quantitative estimate of drug-likeness (QED) is 0.156. The monoisotopic (exact) mass is 586 g/mol. The lowest BCUT2D eigenvalue weighted by atomic mass is 9.96. The van der Waals surface area contributed by atoms with Gasteiger partial charge in [0, 0.05) is 5.39 Å². The molecule has 5 rings (SSSR count). The van der Waals surface area contributed by atoms with Crippen LogP contribution in [0.2, 0.25) is 0 Å². The zero-order valence-corrected chi connectivity index (χ0v) is 23.5. The number of aliphatic hydroxyl groups excluding tert-OH is 1. The number of fused-ring (bicyclic) bond motifs is 2. The van der Waals surface area contributed by atoms with Crippen LogP contribution >= 0.6 is 7.75 Å². The largest absolute Gasteiger partial charge is 0.465 e. The van der Waals surface area contributed by atoms with Crippen molar-refractivity contribution < 1.29 is 38.1 Å². The van der Waals surface area contributed by atoms with Gasteiger partial charge in [0.1, 0.15) is 41.4 Å². The summed E-state index contributed by atoms with van der Waals surface area (Å²) >= 11 is 0. The number of aromatic nitrogens is 4. The molecule has 41 heavy (non-hydrogen) atoms. The van der Waals surface area contributed by atoms with E-state index in [4.69, 9.17) is 24.3 Å². The van der Waals surface area contributed by atoms with Gasteiger partial charge in [-0.2, -0.15) is 5.09 Å². The minimum atomic E-state index is -4.31. The molecule has 5 N–H and O–H groups in total. The number of hydrogen-bond acceptors (Lipinski definition) is 12. The van der Waals surface area contributed by atoms with Crippen LogP contribution in [0.5, 0.6) is 5.75 Å². The molecule has 0 amide bonds. The third kappa shape index (κ3) is 5.62. The van der Waals surface area contributed by atoms with Gasteiger partial charge in [-0.25, -0.2) is 19.5 Å². The molecule has 0 saturated carbocycles. The lowest BCUT2D eigenvalue weighted by Gasteiger charge is -2.27. The highest BCUT2D eigenvalue weighted by Crippen LogP contribution is 2.48. The second-order valence-corrected chi connectivity index (χ2v) is 11.4. The number of carbonyl (C=O) groups is 1. The molecule has 2 aromatic heterocycles. The van der Waals surface area contributed by atoms with Crippen LogP contribution in [0.3, 0.4) is 0 Å². The standard InChI is InChI=1S/C26H31N6O8P/c1-4-37-24(34)15(2)31-41(36,40-18-11-7-9-16-8-5-6-10-17(16)18)38-12-19-21(33)26(3,35)25(39-19)32-14-30-20-22(27)28-13-29-23(20)32/h5-11,13-15,19,21,25,33,35H,4,12H2,1-3H3,(H,31,36)(H2,27,28,29)/t15-,19+,21?,25+,26-,41?/m0/s1. The molecular formula is C26H31N6O8P. The van der Waals surface area contributed by atoms with E-state index in [-0.39, 0.29) is 23.8 Å². The summed E-state index contributed by atoms with van der Waals surface area (Å²) in [5, 5.41) is 26.3. The van der Waals surface area contributed by atoms with E-state index >= 15 is 0 Å². The van der Waals surface area contributed by atoms with Gasteiger partial charge in [0.05, 0.1) is 19.5 Å². The number of rotatable bonds is 10. The Bertz CT molecular complexity index is 1610. The zero-order chi connectivity index (χ0) is 29.4. The normalized spacial score (nSPS) is 24.8. The fraction of sp³-hybridized carbons (Fsp3) is 0.385. The number of hydrogen-bond donors (Lipinski definition) is 4. The van der Waals surface area contributed by atoms with Crippen LogP contribution in [0.25, 0.3) is 21.9 Å². The van der Waals surface area contributed by atoms with E-state index in [2.05, 4.69) is 20.0 Å². The zero-order valence-electron chi connectivity index (χ0n) is 22.6. The van der Waals surface area contributed by atoms with E-state index in [0.29, 0.717) is 10.9 Å². The van der Waals surface area contributed by atoms with Crippen LogP contribution in [-0.4, -0.2) is 72.8 Å². The maximum Gasteiger partial charge on any atom is 0.459 e. The van der Waals surface area contributed by atoms with Gasteiger partial charge in [-0.3, -0.25) is 13.9 Å². The minimum absolute atomic E-state index is 0.123. The Balaban J connectivity index is 1.40. The number of carbonyl (C=O) groups excluding carboxylic acids is 1. The van der Waals surface area contributed by atoms with Gasteiger partial charge in [-0.1, -0.05) is 36.4 Å². The molecule has 1 aliphatic heterocycles. The van der Waals surface area contributed by atoms with Gasteiger partial charge in [-0.05, 0) is 32.2 Å². The molecule has 1 saturated heterocycles. The molecule has 0 aliphatic carbocycles. The highest BCUT2D eigenvalue weighted by Gasteiger charge is 2.54. The third-order valence-electron chi connectivity index (χ3n) is 6.76. The van der Waals surface area contributed by atoms with Crippen LogP contribution in [-0.2, 0) is 23.4 Å². The molecule has 1 aliphatic rings. The van der Waals surface area contributed by atoms with Crippen molar-refractivity contribution in [3.8, 4) is 5.75 Å². The van der Waals surface area contributed by atoms with Gasteiger partial charge in [0.25, 0.3) is 0 Å². The maximum atomic E-state index is 14.1. The van der Waals surface area contributed by atoms with Crippen molar-refractivity contribution in [3.63, 3.8) is 0 Å². The van der Waals surface area contributed by atoms with Gasteiger partial charge in [0.2, 0.25) is 0 Å². The number of ether oxygens (including phenoxy) is 2. The molecule has 0 bridgehead atoms. The second kappa shape index (κ2) is 11.3. The molecule has 218 valence electrons. The summed E-state index contributed by atoms with van der Waals surface area (Å²) in [5.74, 6) is -0.277. The topological polar surface area (TPSA) is 193 Å². The van der Waals surface area contributed by atoms with Gasteiger partial charge >= 0.3 is 13.7 Å². The van der Waals surface area contributed by atoms with E-state index < -0.39 is 50.4 Å². The summed E-state index contributed by atoms with van der Waals surface area (Å²) in [6.07, 6.45) is -1.21. The Kier molecular flexibility index (Phi) is 7.97. The molecule has 0 radical (unpaired) electrons. The molecule has 14 nitrogen and oxygen atoms in total. The summed E-state index contributed by atoms with van der Waals surface area (Å²) in [5.41, 5.74) is 4.62. The molecule has 15 heteroatoms. The van der Waals surface area contributed by atoms with Crippen molar-refractivity contribution in [2.75, 3.05) is 18.9 Å². The maximum absolute atomic E-state index is 14.1. The number of imidazole rings is 1. The molecule has 4 aromatic rings. The van der Waals surface area contributed by atoms with E-state index in [1.165, 1.54) is 31.1 Å². The number of nitrogens with two attached hydrogens (primary N) is 1. The Hall–Kier alpha value is -3.65. The van der Waals surface area contributed by atoms with Crippen molar-refractivity contribution in [1.82, 2.24) is 24.6 Å². The van der Waals surface area contributed by atoms with Gasteiger partial charge < -0.3 is 29.9 Å². The number of benzene rings is 2. The molecule has 6 atom stereocenters. The first kappa shape index (κ1) is 28.9. The second-order valence-electron chi connectivity index (χ2n) is 9.75. The predicted molar refractivity (Wildman–Crippen MR) is 148 cm³/mol. The van der Waals surface area contributed by atoms with Crippen molar-refractivity contribution >= 4 is 41.5 Å². The average Bonchev–Trinajstić information content (AvgIpc) is 3.47. The van der Waals surface area contributed by atoms with Crippen molar-refractivity contribution in [2.45, 2.75) is 50.8 Å². The summed E-state index contributed by atoms with van der Waals surface area (Å²) < 4.78 is 38.2. The van der Waals surface area contributed by atoms with Crippen molar-refractivity contribution in [1.29, 1.82) is 0 Å². The number of nitrogen functional groups attached to an aromatic ring is 1. The summed E-state index contributed by atoms with van der Waals surface area (Å²) in [7, 11) is -4.31. The molecule has 3 heterocycles. The molecule has 0 spiro atoms. The lowest BCUT2D eigenvalue weighted by Crippen LogP contribution is -2.44. The van der Waals surface area contributed by atoms with E-state index in [0.717, 1.165) is 5.39 Å². The minimum Gasteiger partial charge on any atom is -0.465 e. The average molecular weight is 587 g/mol. The molecule has 1 fully saturated rings. The van der Waals surface area contributed by atoms with Crippen molar-refractivity contribution in [2.24, 2.45) is 0 Å². The number of nitrogens with zero attached hydrogens (tertiary/aromatic N) is 4. The fourth-order valence-corrected chi connectivity index (χ4v) is 6.16. The van der Waals surface area contributed by atoms with Crippen LogP contribution in [0, 0.1) is 0 Å². The van der Waals surface area contributed by atoms with E-state index in [9.17, 15) is 19.6 Å². The van der Waals surface area contributed by atoms with Crippen LogP contribution in [0.15, 0.2) is 55.1 Å². The Morgan fingerprint density at radius 3 is 2.78 bits per heavy atom. The summed E-state index contributed by atoms with van der Waals surface area (Å²) in [4.78, 5) is 24.6. The van der Waals surface area contributed by atoms with Crippen LogP contribution in [0.4, 0.5) is 5.82 Å². The predicted octanol–water partition coefficient (Wildman–Crippen LogP) is 2.32. The SMILES string of the molecule is CCOC(=O)[C@H](C)NP(=O)(OC[C@H]1O[C@@H](n2cnc3c(N)ncnc32)[C@@](C)(O)C1O)Oc1cccc2ccccc12. The van der Waals surface area contributed by atoms with Crippen LogP contribution < -0.4 is 15.3 Å². The number of aliphatic hydroxyl groups is 2. The smallest absolute Gasteiger partial charge is 0.459 e. The molecule has 2 aromatic carbocycles.